The maximum absolute atomic E-state index is 13.0. The van der Waals surface area contributed by atoms with Crippen molar-refractivity contribution in [2.45, 2.75) is 294 Å². The van der Waals surface area contributed by atoms with E-state index in [0.29, 0.717) is 6.42 Å². The van der Waals surface area contributed by atoms with Crippen molar-refractivity contribution in [2.24, 2.45) is 0 Å². The van der Waals surface area contributed by atoms with Crippen molar-refractivity contribution in [3.63, 3.8) is 0 Å². The van der Waals surface area contributed by atoms with Gasteiger partial charge in [0.15, 0.2) is 6.29 Å². The molecule has 1 fully saturated rings. The molecule has 0 aromatic heterocycles. The van der Waals surface area contributed by atoms with Crippen molar-refractivity contribution in [1.82, 2.24) is 5.32 Å². The van der Waals surface area contributed by atoms with Crippen LogP contribution in [0.5, 0.6) is 0 Å². The van der Waals surface area contributed by atoms with Gasteiger partial charge in [0.05, 0.1) is 25.4 Å². The highest BCUT2D eigenvalue weighted by atomic mass is 16.7. The van der Waals surface area contributed by atoms with Crippen LogP contribution >= 0.6 is 0 Å². The fourth-order valence-electron chi connectivity index (χ4n) is 9.21. The number of unbranched alkanes of at least 4 members (excludes halogenated alkanes) is 26. The number of hydrogen-bond acceptors (Lipinski definition) is 8. The number of aliphatic hydroxyl groups is 5. The molecule has 0 saturated carbocycles. The number of allylic oxidation sites excluding steroid dienone is 17. The monoisotopic (exact) mass is 1060 g/mol. The van der Waals surface area contributed by atoms with Crippen LogP contribution in [0, 0.1) is 0 Å². The predicted molar refractivity (Wildman–Crippen MR) is 322 cm³/mol. The topological polar surface area (TPSA) is 149 Å². The summed E-state index contributed by atoms with van der Waals surface area (Å²) in [7, 11) is 0. The van der Waals surface area contributed by atoms with E-state index >= 15 is 0 Å². The van der Waals surface area contributed by atoms with Crippen molar-refractivity contribution in [3.05, 3.63) is 109 Å². The number of rotatable bonds is 52. The van der Waals surface area contributed by atoms with Crippen LogP contribution in [0.15, 0.2) is 109 Å². The van der Waals surface area contributed by atoms with Gasteiger partial charge in [0, 0.05) is 6.42 Å². The van der Waals surface area contributed by atoms with Crippen LogP contribution in [0.4, 0.5) is 0 Å². The molecule has 0 aromatic rings. The number of carbonyl (C=O) groups is 1. The van der Waals surface area contributed by atoms with Crippen LogP contribution in [0.1, 0.15) is 251 Å². The van der Waals surface area contributed by atoms with Gasteiger partial charge in [-0.3, -0.25) is 4.79 Å². The van der Waals surface area contributed by atoms with E-state index in [1.807, 2.05) is 6.08 Å². The highest BCUT2D eigenvalue weighted by molar-refractivity contribution is 5.76. The van der Waals surface area contributed by atoms with Gasteiger partial charge in [-0.25, -0.2) is 0 Å². The van der Waals surface area contributed by atoms with Gasteiger partial charge in [-0.15, -0.1) is 0 Å². The van der Waals surface area contributed by atoms with Crippen LogP contribution in [0.25, 0.3) is 0 Å². The molecule has 0 radical (unpaired) electrons. The Morgan fingerprint density at radius 2 is 0.829 bits per heavy atom. The van der Waals surface area contributed by atoms with E-state index in [1.54, 1.807) is 6.08 Å². The molecule has 6 N–H and O–H groups in total. The second kappa shape index (κ2) is 55.2. The molecule has 0 bridgehead atoms. The van der Waals surface area contributed by atoms with Crippen LogP contribution in [0.3, 0.4) is 0 Å². The second-order valence-corrected chi connectivity index (χ2v) is 21.1. The molecular weight excluding hydrogens is 947 g/mol. The molecule has 0 aliphatic carbocycles. The first-order chi connectivity index (χ1) is 37.3. The SMILES string of the molecule is CC/C=C\C/C=C\C/C=C\C/C=C\C/C=C\C/C=C\C/C=C\CCCCCCCCCCCCCCCCCCCCCC(=O)NC(COC1OC(CO)C(O)C(O)C1O)C(O)/C=C/CC/C=C/CCCCCCCC. The molecule has 0 aromatic carbocycles. The minimum absolute atomic E-state index is 0.189. The third-order valence-electron chi connectivity index (χ3n) is 14.1. The summed E-state index contributed by atoms with van der Waals surface area (Å²) >= 11 is 0. The van der Waals surface area contributed by atoms with Crippen molar-refractivity contribution in [2.75, 3.05) is 13.2 Å². The zero-order valence-electron chi connectivity index (χ0n) is 48.5. The van der Waals surface area contributed by atoms with Gasteiger partial charge in [-0.05, 0) is 89.9 Å². The number of aliphatic hydroxyl groups excluding tert-OH is 5. The lowest BCUT2D eigenvalue weighted by Crippen LogP contribution is -2.60. The average Bonchev–Trinajstić information content (AvgIpc) is 3.42. The Labute approximate surface area is 466 Å². The molecule has 1 aliphatic heterocycles. The Kier molecular flexibility index (Phi) is 51.4. The lowest BCUT2D eigenvalue weighted by atomic mass is 9.99. The molecule has 1 heterocycles. The number of hydrogen-bond donors (Lipinski definition) is 6. The van der Waals surface area contributed by atoms with Gasteiger partial charge in [0.2, 0.25) is 5.91 Å². The third-order valence-corrected chi connectivity index (χ3v) is 14.1. The molecule has 76 heavy (non-hydrogen) atoms. The Hall–Kier alpha value is -3.15. The van der Waals surface area contributed by atoms with Crippen LogP contribution in [-0.4, -0.2) is 87.5 Å². The lowest BCUT2D eigenvalue weighted by Gasteiger charge is -2.40. The molecule has 7 unspecified atom stereocenters. The van der Waals surface area contributed by atoms with Crippen molar-refractivity contribution < 1.29 is 39.8 Å². The van der Waals surface area contributed by atoms with E-state index in [4.69, 9.17) is 9.47 Å². The van der Waals surface area contributed by atoms with Gasteiger partial charge >= 0.3 is 0 Å². The van der Waals surface area contributed by atoms with Crippen molar-refractivity contribution in [3.8, 4) is 0 Å². The van der Waals surface area contributed by atoms with Crippen LogP contribution in [-0.2, 0) is 14.3 Å². The molecule has 436 valence electrons. The van der Waals surface area contributed by atoms with Crippen LogP contribution < -0.4 is 5.32 Å². The minimum Gasteiger partial charge on any atom is -0.394 e. The summed E-state index contributed by atoms with van der Waals surface area (Å²) in [5.74, 6) is -0.189. The number of carbonyl (C=O) groups excluding carboxylic acids is 1. The van der Waals surface area contributed by atoms with Crippen molar-refractivity contribution >= 4 is 5.91 Å². The molecule has 7 atom stereocenters. The second-order valence-electron chi connectivity index (χ2n) is 21.1. The first-order valence-electron chi connectivity index (χ1n) is 31.1. The largest absolute Gasteiger partial charge is 0.394 e. The molecule has 1 saturated heterocycles. The highest BCUT2D eigenvalue weighted by Crippen LogP contribution is 2.23. The zero-order valence-corrected chi connectivity index (χ0v) is 48.5. The lowest BCUT2D eigenvalue weighted by molar-refractivity contribution is -0.302. The fourth-order valence-corrected chi connectivity index (χ4v) is 9.21. The quantitative estimate of drug-likeness (QED) is 0.0261. The molecule has 9 nitrogen and oxygen atoms in total. The minimum atomic E-state index is -1.57. The summed E-state index contributed by atoms with van der Waals surface area (Å²) in [6.45, 7) is 3.62. The maximum Gasteiger partial charge on any atom is 0.220 e. The summed E-state index contributed by atoms with van der Waals surface area (Å²) in [5, 5.41) is 54.4. The Balaban J connectivity index is 2.06. The Morgan fingerprint density at radius 3 is 1.26 bits per heavy atom. The van der Waals surface area contributed by atoms with E-state index in [0.717, 1.165) is 83.5 Å². The van der Waals surface area contributed by atoms with Crippen molar-refractivity contribution in [1.29, 1.82) is 0 Å². The van der Waals surface area contributed by atoms with E-state index < -0.39 is 49.5 Å². The third kappa shape index (κ3) is 43.8. The molecule has 1 aliphatic rings. The fraction of sp³-hybridized carbons (Fsp3) is 0.716. The first kappa shape index (κ1) is 70.9. The molecule has 1 rings (SSSR count). The smallest absolute Gasteiger partial charge is 0.220 e. The molecular formula is C67H115NO8. The molecule has 0 spiro atoms. The summed E-state index contributed by atoms with van der Waals surface area (Å²) < 4.78 is 11.2. The normalized spacial score (nSPS) is 19.6. The maximum atomic E-state index is 13.0. The van der Waals surface area contributed by atoms with Gasteiger partial charge < -0.3 is 40.3 Å². The van der Waals surface area contributed by atoms with E-state index in [2.05, 4.69) is 116 Å². The molecule has 9 heteroatoms. The number of amides is 1. The molecule has 1 amide bonds. The summed E-state index contributed by atoms with van der Waals surface area (Å²) in [5.41, 5.74) is 0. The van der Waals surface area contributed by atoms with Gasteiger partial charge in [-0.1, -0.05) is 264 Å². The summed E-state index contributed by atoms with van der Waals surface area (Å²) in [6.07, 6.45) is 74.8. The van der Waals surface area contributed by atoms with Gasteiger partial charge in [0.25, 0.3) is 0 Å². The first-order valence-corrected chi connectivity index (χ1v) is 31.1. The van der Waals surface area contributed by atoms with E-state index in [9.17, 15) is 30.3 Å². The Morgan fingerprint density at radius 1 is 0.461 bits per heavy atom. The van der Waals surface area contributed by atoms with Crippen LogP contribution in [0.2, 0.25) is 0 Å². The standard InChI is InChI=1S/C67H115NO8/c1-3-5-7-9-11-13-15-17-18-19-20-21-22-23-24-25-26-27-28-29-30-31-32-33-34-35-36-37-38-39-40-41-42-43-44-45-47-49-51-53-55-57-63(71)68-60(59-75-67-66(74)65(73)64(72)62(58-69)76-67)61(70)56-54-52-50-48-46-16-14-12-10-8-6-4-2/h5,7,11,13,17-18,20-21,23-24,26-27,29-30,46,48,54,56,60-62,64-67,69-70,72-74H,3-4,6,8-10,12,14-16,19,22,25,28,31-45,47,49-53,55,57-59H2,1-2H3,(H,68,71)/b7-5-,13-11-,18-17-,21-20-,24-23-,27-26-,30-29-,48-46+,56-54+. The zero-order chi connectivity index (χ0) is 55.0. The van der Waals surface area contributed by atoms with E-state index in [-0.39, 0.29) is 12.5 Å². The Bertz CT molecular complexity index is 1560. The van der Waals surface area contributed by atoms with E-state index in [1.165, 1.54) is 148 Å². The average molecular weight is 1060 g/mol. The van der Waals surface area contributed by atoms with Gasteiger partial charge in [-0.2, -0.15) is 0 Å². The van der Waals surface area contributed by atoms with Gasteiger partial charge in [0.1, 0.15) is 24.4 Å². The summed E-state index contributed by atoms with van der Waals surface area (Å²) in [4.78, 5) is 13.0. The highest BCUT2D eigenvalue weighted by Gasteiger charge is 2.44. The number of ether oxygens (including phenoxy) is 2. The predicted octanol–water partition coefficient (Wildman–Crippen LogP) is 16.1. The summed E-state index contributed by atoms with van der Waals surface area (Å²) in [6, 6.07) is -0.824. The number of nitrogens with one attached hydrogen (secondary N) is 1.